The SMILES string of the molecule is Cc1ccc(N2CCN(C(=O)COC3CCC(Nc4ccc(N)c(C(F)(F)F)c4)CC3)CC2=O)cc1. The van der Waals surface area contributed by atoms with Crippen molar-refractivity contribution in [3.05, 3.63) is 53.6 Å². The highest BCUT2D eigenvalue weighted by Gasteiger charge is 2.33. The molecule has 1 aliphatic heterocycles. The van der Waals surface area contributed by atoms with Gasteiger partial charge in [0.15, 0.2) is 0 Å². The number of piperazine rings is 1. The van der Waals surface area contributed by atoms with Crippen LogP contribution >= 0.6 is 0 Å². The van der Waals surface area contributed by atoms with E-state index in [2.05, 4.69) is 5.32 Å². The van der Waals surface area contributed by atoms with Gasteiger partial charge in [-0.3, -0.25) is 9.59 Å². The molecule has 0 bridgehead atoms. The zero-order valence-electron chi connectivity index (χ0n) is 20.2. The number of halogens is 3. The normalized spacial score (nSPS) is 20.9. The molecule has 1 saturated carbocycles. The fourth-order valence-corrected chi connectivity index (χ4v) is 4.67. The van der Waals surface area contributed by atoms with Crippen LogP contribution < -0.4 is 16.0 Å². The number of hydrogen-bond donors (Lipinski definition) is 2. The summed E-state index contributed by atoms with van der Waals surface area (Å²) in [5, 5.41) is 3.15. The zero-order valence-corrected chi connectivity index (χ0v) is 20.2. The Hall–Kier alpha value is -3.27. The van der Waals surface area contributed by atoms with Crippen molar-refractivity contribution in [1.82, 2.24) is 4.90 Å². The van der Waals surface area contributed by atoms with Crippen molar-refractivity contribution in [2.75, 3.05) is 42.2 Å². The molecule has 10 heteroatoms. The number of carbonyl (C=O) groups excluding carboxylic acids is 2. The van der Waals surface area contributed by atoms with Crippen LogP contribution in [0, 0.1) is 6.92 Å². The smallest absolute Gasteiger partial charge is 0.398 e. The Morgan fingerprint density at radius 2 is 1.78 bits per heavy atom. The van der Waals surface area contributed by atoms with Crippen LogP contribution in [0.4, 0.5) is 30.2 Å². The number of carbonyl (C=O) groups is 2. The molecule has 0 spiro atoms. The number of nitrogens with two attached hydrogens (primary N) is 1. The van der Waals surface area contributed by atoms with Crippen molar-refractivity contribution in [2.24, 2.45) is 0 Å². The van der Waals surface area contributed by atoms with E-state index in [4.69, 9.17) is 10.5 Å². The van der Waals surface area contributed by atoms with E-state index in [-0.39, 0.29) is 42.8 Å². The molecule has 1 heterocycles. The molecule has 2 fully saturated rings. The van der Waals surface area contributed by atoms with Gasteiger partial charge in [-0.15, -0.1) is 0 Å². The van der Waals surface area contributed by atoms with Gasteiger partial charge in [0.2, 0.25) is 11.8 Å². The Balaban J connectivity index is 1.20. The van der Waals surface area contributed by atoms with Crippen molar-refractivity contribution in [3.63, 3.8) is 0 Å². The molecule has 2 aromatic carbocycles. The molecule has 2 amide bonds. The molecule has 2 aromatic rings. The zero-order chi connectivity index (χ0) is 25.9. The molecule has 1 aliphatic carbocycles. The molecule has 0 unspecified atom stereocenters. The molecule has 4 rings (SSSR count). The molecule has 2 aliphatic rings. The average Bonchev–Trinajstić information content (AvgIpc) is 2.84. The molecule has 3 N–H and O–H groups in total. The second-order valence-corrected chi connectivity index (χ2v) is 9.42. The monoisotopic (exact) mass is 504 g/mol. The van der Waals surface area contributed by atoms with Gasteiger partial charge in [-0.1, -0.05) is 17.7 Å². The van der Waals surface area contributed by atoms with Crippen molar-refractivity contribution >= 4 is 28.9 Å². The first-order chi connectivity index (χ1) is 17.1. The van der Waals surface area contributed by atoms with Crippen LogP contribution in [0.3, 0.4) is 0 Å². The summed E-state index contributed by atoms with van der Waals surface area (Å²) in [7, 11) is 0. The summed E-state index contributed by atoms with van der Waals surface area (Å²) < 4.78 is 45.1. The predicted molar refractivity (Wildman–Crippen MR) is 132 cm³/mol. The highest BCUT2D eigenvalue weighted by atomic mass is 19.4. The average molecular weight is 505 g/mol. The second kappa shape index (κ2) is 10.8. The number of nitrogen functional groups attached to an aromatic ring is 1. The predicted octanol–water partition coefficient (Wildman–Crippen LogP) is 4.21. The van der Waals surface area contributed by atoms with E-state index >= 15 is 0 Å². The Kier molecular flexibility index (Phi) is 7.73. The third-order valence-corrected chi connectivity index (χ3v) is 6.77. The van der Waals surface area contributed by atoms with Crippen LogP contribution in [0.15, 0.2) is 42.5 Å². The van der Waals surface area contributed by atoms with Crippen LogP contribution in [0.5, 0.6) is 0 Å². The van der Waals surface area contributed by atoms with Crippen LogP contribution in [-0.2, 0) is 20.5 Å². The van der Waals surface area contributed by atoms with Crippen LogP contribution in [0.25, 0.3) is 0 Å². The largest absolute Gasteiger partial charge is 0.418 e. The van der Waals surface area contributed by atoms with Crippen molar-refractivity contribution in [2.45, 2.75) is 50.9 Å². The minimum absolute atomic E-state index is 0.0118. The van der Waals surface area contributed by atoms with Gasteiger partial charge in [0.05, 0.1) is 11.7 Å². The van der Waals surface area contributed by atoms with Crippen molar-refractivity contribution in [3.8, 4) is 0 Å². The third-order valence-electron chi connectivity index (χ3n) is 6.77. The van der Waals surface area contributed by atoms with E-state index in [0.717, 1.165) is 17.3 Å². The summed E-state index contributed by atoms with van der Waals surface area (Å²) in [6, 6.07) is 11.6. The van der Waals surface area contributed by atoms with Gasteiger partial charge in [0.1, 0.15) is 13.2 Å². The Bertz CT molecular complexity index is 1080. The van der Waals surface area contributed by atoms with Gasteiger partial charge in [0.25, 0.3) is 0 Å². The minimum Gasteiger partial charge on any atom is -0.398 e. The van der Waals surface area contributed by atoms with E-state index in [1.165, 1.54) is 11.0 Å². The van der Waals surface area contributed by atoms with E-state index in [9.17, 15) is 22.8 Å². The maximum atomic E-state index is 13.1. The van der Waals surface area contributed by atoms with Crippen LogP contribution in [0.1, 0.15) is 36.8 Å². The first kappa shape index (κ1) is 25.8. The highest BCUT2D eigenvalue weighted by Crippen LogP contribution is 2.36. The fraction of sp³-hybridized carbons (Fsp3) is 0.462. The van der Waals surface area contributed by atoms with E-state index in [1.807, 2.05) is 31.2 Å². The lowest BCUT2D eigenvalue weighted by molar-refractivity contribution is -0.142. The van der Waals surface area contributed by atoms with Crippen molar-refractivity contribution in [1.29, 1.82) is 0 Å². The standard InChI is InChI=1S/C26H31F3N4O3/c1-17-2-7-20(8-3-17)33-13-12-32(15-24(33)34)25(35)16-36-21-9-4-18(5-10-21)31-19-6-11-23(30)22(14-19)26(27,28)29/h2-3,6-8,11,14,18,21,31H,4-5,9-10,12-13,15-16,30H2,1H3. The number of rotatable bonds is 6. The number of alkyl halides is 3. The van der Waals surface area contributed by atoms with Crippen LogP contribution in [0.2, 0.25) is 0 Å². The molecule has 0 atom stereocenters. The number of amides is 2. The first-order valence-electron chi connectivity index (χ1n) is 12.1. The summed E-state index contributed by atoms with van der Waals surface area (Å²) in [4.78, 5) is 28.5. The van der Waals surface area contributed by atoms with Crippen molar-refractivity contribution < 1.29 is 27.5 Å². The number of anilines is 3. The van der Waals surface area contributed by atoms with Gasteiger partial charge >= 0.3 is 6.18 Å². The fourth-order valence-electron chi connectivity index (χ4n) is 4.67. The number of hydrogen-bond acceptors (Lipinski definition) is 5. The maximum Gasteiger partial charge on any atom is 0.418 e. The third kappa shape index (κ3) is 6.29. The highest BCUT2D eigenvalue weighted by molar-refractivity contribution is 5.98. The maximum absolute atomic E-state index is 13.1. The molecule has 194 valence electrons. The van der Waals surface area contributed by atoms with Gasteiger partial charge in [-0.05, 0) is 62.9 Å². The molecule has 36 heavy (non-hydrogen) atoms. The number of nitrogens with one attached hydrogen (secondary N) is 1. The molecule has 0 radical (unpaired) electrons. The van der Waals surface area contributed by atoms with E-state index < -0.39 is 11.7 Å². The Morgan fingerprint density at radius 1 is 1.08 bits per heavy atom. The first-order valence-corrected chi connectivity index (χ1v) is 12.1. The number of nitrogens with zero attached hydrogens (tertiary/aromatic N) is 2. The van der Waals surface area contributed by atoms with E-state index in [1.54, 1.807) is 11.0 Å². The number of ether oxygens (including phenoxy) is 1. The molecular weight excluding hydrogens is 473 g/mol. The molecular formula is C26H31F3N4O3. The minimum atomic E-state index is -4.50. The summed E-state index contributed by atoms with van der Waals surface area (Å²) >= 11 is 0. The van der Waals surface area contributed by atoms with Gasteiger partial charge in [0, 0.05) is 36.2 Å². The number of aryl methyl sites for hydroxylation is 1. The van der Waals surface area contributed by atoms with Gasteiger partial charge in [-0.2, -0.15) is 13.2 Å². The number of benzene rings is 2. The molecule has 1 saturated heterocycles. The topological polar surface area (TPSA) is 87.9 Å². The quantitative estimate of drug-likeness (QED) is 0.576. The van der Waals surface area contributed by atoms with E-state index in [0.29, 0.717) is 44.5 Å². The van der Waals surface area contributed by atoms with Gasteiger partial charge < -0.3 is 25.6 Å². The summed E-state index contributed by atoms with van der Waals surface area (Å²) in [5.74, 6) is -0.338. The summed E-state index contributed by atoms with van der Waals surface area (Å²) in [6.45, 7) is 2.80. The lowest BCUT2D eigenvalue weighted by Crippen LogP contribution is -2.53. The van der Waals surface area contributed by atoms with Gasteiger partial charge in [-0.25, -0.2) is 0 Å². The Morgan fingerprint density at radius 3 is 2.42 bits per heavy atom. The van der Waals surface area contributed by atoms with Crippen LogP contribution in [-0.4, -0.2) is 55.1 Å². The molecule has 0 aromatic heterocycles. The summed E-state index contributed by atoms with van der Waals surface area (Å²) in [5.41, 5.74) is 6.64. The molecule has 7 nitrogen and oxygen atoms in total. The lowest BCUT2D eigenvalue weighted by atomic mass is 9.92. The summed E-state index contributed by atoms with van der Waals surface area (Å²) in [6.07, 6.45) is -1.82. The Labute approximate surface area is 208 Å². The lowest BCUT2D eigenvalue weighted by Gasteiger charge is -2.35. The second-order valence-electron chi connectivity index (χ2n) is 9.42.